The number of hydrogen-bond acceptors (Lipinski definition) is 5. The van der Waals surface area contributed by atoms with Crippen LogP contribution >= 0.6 is 31.9 Å². The number of sulfone groups is 1. The van der Waals surface area contributed by atoms with Gasteiger partial charge in [0, 0.05) is 8.95 Å². The van der Waals surface area contributed by atoms with Gasteiger partial charge in [-0.3, -0.25) is 9.36 Å². The third-order valence-electron chi connectivity index (χ3n) is 4.54. The number of hydrogen-bond donors (Lipinski definition) is 0. The molecule has 29 heavy (non-hydrogen) atoms. The third kappa shape index (κ3) is 4.13. The number of fused-ring (bicyclic) bond motifs is 1. The Balaban J connectivity index is 2.44. The van der Waals surface area contributed by atoms with E-state index in [1.807, 2.05) is 0 Å². The van der Waals surface area contributed by atoms with Crippen LogP contribution in [0.2, 0.25) is 0 Å². The lowest BCUT2D eigenvalue weighted by Crippen LogP contribution is -2.33. The fraction of sp³-hybridized carbons (Fsp3) is 0.300. The fourth-order valence-electron chi connectivity index (χ4n) is 2.81. The van der Waals surface area contributed by atoms with Crippen molar-refractivity contribution >= 4 is 52.6 Å². The molecular weight excluding hydrogens is 524 g/mol. The second kappa shape index (κ2) is 7.85. The van der Waals surface area contributed by atoms with Gasteiger partial charge in [-0.2, -0.15) is 0 Å². The molecule has 0 saturated heterocycles. The molecule has 3 rings (SSSR count). The van der Waals surface area contributed by atoms with E-state index in [1.54, 1.807) is 57.2 Å². The van der Waals surface area contributed by atoms with Crippen LogP contribution in [0.15, 0.2) is 50.1 Å². The van der Waals surface area contributed by atoms with Crippen LogP contribution in [0.4, 0.5) is 0 Å². The molecule has 0 saturated carbocycles. The third-order valence-corrected chi connectivity index (χ3v) is 8.11. The highest BCUT2D eigenvalue weighted by Crippen LogP contribution is 2.29. The number of rotatable bonds is 4. The van der Waals surface area contributed by atoms with E-state index < -0.39 is 14.6 Å². The molecule has 3 aromatic rings. The first kappa shape index (κ1) is 22.0. The monoisotopic (exact) mass is 542 g/mol. The lowest BCUT2D eigenvalue weighted by atomic mass is 10.2. The molecule has 1 heterocycles. The first-order chi connectivity index (χ1) is 13.5. The van der Waals surface area contributed by atoms with Crippen LogP contribution in [0.1, 0.15) is 26.6 Å². The summed E-state index contributed by atoms with van der Waals surface area (Å²) in [5.74, 6) is 0.187. The molecule has 0 spiro atoms. The van der Waals surface area contributed by atoms with Gasteiger partial charge < -0.3 is 4.74 Å². The SMILES string of the molecule is COc1ccccc1-n1c(CS(=O)(=O)C(C)(C)C)nc2c(Br)cc(Br)cc2c1=O. The molecule has 0 aliphatic rings. The van der Waals surface area contributed by atoms with E-state index in [-0.39, 0.29) is 17.1 Å². The van der Waals surface area contributed by atoms with Gasteiger partial charge in [0.25, 0.3) is 5.56 Å². The van der Waals surface area contributed by atoms with Gasteiger partial charge in [-0.25, -0.2) is 13.4 Å². The van der Waals surface area contributed by atoms with Crippen LogP contribution in [0.5, 0.6) is 5.75 Å². The molecule has 0 aliphatic carbocycles. The predicted octanol–water partition coefficient (Wildman–Crippen LogP) is 4.63. The van der Waals surface area contributed by atoms with Gasteiger partial charge in [0.1, 0.15) is 17.3 Å². The maximum absolute atomic E-state index is 13.5. The summed E-state index contributed by atoms with van der Waals surface area (Å²) < 4.78 is 32.9. The topological polar surface area (TPSA) is 78.3 Å². The Labute approximate surface area is 186 Å². The van der Waals surface area contributed by atoms with E-state index in [0.29, 0.717) is 31.3 Å². The van der Waals surface area contributed by atoms with Crippen molar-refractivity contribution in [2.75, 3.05) is 7.11 Å². The number of halogens is 2. The average molecular weight is 544 g/mol. The first-order valence-corrected chi connectivity index (χ1v) is 12.0. The highest BCUT2D eigenvalue weighted by Gasteiger charge is 2.32. The first-order valence-electron chi connectivity index (χ1n) is 8.72. The van der Waals surface area contributed by atoms with E-state index in [2.05, 4.69) is 36.8 Å². The Hall–Kier alpha value is -1.71. The van der Waals surface area contributed by atoms with Crippen molar-refractivity contribution in [1.82, 2.24) is 9.55 Å². The Bertz CT molecular complexity index is 1260. The van der Waals surface area contributed by atoms with E-state index in [9.17, 15) is 13.2 Å². The van der Waals surface area contributed by atoms with Gasteiger partial charge in [0.2, 0.25) is 0 Å². The van der Waals surface area contributed by atoms with Gasteiger partial charge in [-0.15, -0.1) is 0 Å². The van der Waals surface area contributed by atoms with Crippen LogP contribution in [0.25, 0.3) is 16.6 Å². The molecule has 0 aliphatic heterocycles. The fourth-order valence-corrected chi connectivity index (χ4v) is 5.09. The number of nitrogens with zero attached hydrogens (tertiary/aromatic N) is 2. The smallest absolute Gasteiger partial charge is 0.266 e. The highest BCUT2D eigenvalue weighted by molar-refractivity contribution is 9.11. The molecule has 1 aromatic heterocycles. The Kier molecular flexibility index (Phi) is 5.95. The van der Waals surface area contributed by atoms with Gasteiger partial charge in [-0.1, -0.05) is 28.1 Å². The van der Waals surface area contributed by atoms with Gasteiger partial charge in [0.15, 0.2) is 9.84 Å². The second-order valence-electron chi connectivity index (χ2n) is 7.50. The summed E-state index contributed by atoms with van der Waals surface area (Å²) in [4.78, 5) is 18.1. The van der Waals surface area contributed by atoms with Gasteiger partial charge in [0.05, 0.1) is 28.4 Å². The van der Waals surface area contributed by atoms with Crippen LogP contribution in [-0.2, 0) is 15.6 Å². The Morgan fingerprint density at radius 2 is 1.79 bits per heavy atom. The molecule has 0 fully saturated rings. The van der Waals surface area contributed by atoms with Crippen LogP contribution in [0.3, 0.4) is 0 Å². The van der Waals surface area contributed by atoms with Crippen LogP contribution in [-0.4, -0.2) is 29.8 Å². The zero-order valence-electron chi connectivity index (χ0n) is 16.4. The van der Waals surface area contributed by atoms with E-state index >= 15 is 0 Å². The van der Waals surface area contributed by atoms with Crippen molar-refractivity contribution in [1.29, 1.82) is 0 Å². The lowest BCUT2D eigenvalue weighted by molar-refractivity contribution is 0.412. The summed E-state index contributed by atoms with van der Waals surface area (Å²) in [5.41, 5.74) is 0.466. The quantitative estimate of drug-likeness (QED) is 0.479. The van der Waals surface area contributed by atoms with E-state index in [0.717, 1.165) is 0 Å². The average Bonchev–Trinajstić information content (AvgIpc) is 2.62. The summed E-state index contributed by atoms with van der Waals surface area (Å²) in [7, 11) is -2.10. The largest absolute Gasteiger partial charge is 0.495 e. The number of methoxy groups -OCH3 is 1. The van der Waals surface area contributed by atoms with Crippen molar-refractivity contribution in [2.45, 2.75) is 31.3 Å². The summed E-state index contributed by atoms with van der Waals surface area (Å²) >= 11 is 6.82. The molecule has 6 nitrogen and oxygen atoms in total. The summed E-state index contributed by atoms with van der Waals surface area (Å²) in [5, 5.41) is 0.356. The Morgan fingerprint density at radius 3 is 2.41 bits per heavy atom. The molecule has 0 N–H and O–H groups in total. The minimum atomic E-state index is -3.59. The van der Waals surface area contributed by atoms with Crippen LogP contribution in [0, 0.1) is 0 Å². The van der Waals surface area contributed by atoms with Crippen molar-refractivity contribution < 1.29 is 13.2 Å². The molecule has 0 amide bonds. The van der Waals surface area contributed by atoms with E-state index in [1.165, 1.54) is 11.7 Å². The summed E-state index contributed by atoms with van der Waals surface area (Å²) in [6.45, 7) is 4.88. The zero-order chi connectivity index (χ0) is 21.6. The molecule has 154 valence electrons. The summed E-state index contributed by atoms with van der Waals surface area (Å²) in [6, 6.07) is 10.4. The van der Waals surface area contributed by atoms with E-state index in [4.69, 9.17) is 4.74 Å². The molecule has 0 atom stereocenters. The molecular formula is C20H20Br2N2O4S. The molecule has 2 aromatic carbocycles. The Morgan fingerprint density at radius 1 is 1.14 bits per heavy atom. The lowest BCUT2D eigenvalue weighted by Gasteiger charge is -2.21. The van der Waals surface area contributed by atoms with Crippen molar-refractivity contribution in [3.05, 3.63) is 61.5 Å². The zero-order valence-corrected chi connectivity index (χ0v) is 20.4. The second-order valence-corrected chi connectivity index (χ2v) is 12.0. The standard InChI is InChI=1S/C20H20Br2N2O4S/c1-20(2,3)29(26,27)11-17-23-18-13(9-12(21)10-14(18)22)19(25)24(17)15-7-5-6-8-16(15)28-4/h5-10H,11H2,1-4H3. The van der Waals surface area contributed by atoms with Gasteiger partial charge >= 0.3 is 0 Å². The minimum Gasteiger partial charge on any atom is -0.495 e. The van der Waals surface area contributed by atoms with Crippen LogP contribution < -0.4 is 10.3 Å². The molecule has 0 bridgehead atoms. The van der Waals surface area contributed by atoms with Crippen molar-refractivity contribution in [3.63, 3.8) is 0 Å². The number of ether oxygens (including phenoxy) is 1. The number of benzene rings is 2. The summed E-state index contributed by atoms with van der Waals surface area (Å²) in [6.07, 6.45) is 0. The van der Waals surface area contributed by atoms with Gasteiger partial charge in [-0.05, 0) is 61.0 Å². The molecule has 0 radical (unpaired) electrons. The van der Waals surface area contributed by atoms with Crippen molar-refractivity contribution in [3.8, 4) is 11.4 Å². The minimum absolute atomic E-state index is 0.130. The molecule has 9 heteroatoms. The number of aromatic nitrogens is 2. The number of para-hydroxylation sites is 2. The maximum atomic E-state index is 13.5. The molecule has 0 unspecified atom stereocenters. The normalized spacial score (nSPS) is 12.3. The highest BCUT2D eigenvalue weighted by atomic mass is 79.9. The predicted molar refractivity (Wildman–Crippen MR) is 122 cm³/mol. The maximum Gasteiger partial charge on any atom is 0.266 e. The van der Waals surface area contributed by atoms with Crippen molar-refractivity contribution in [2.24, 2.45) is 0 Å².